The van der Waals surface area contributed by atoms with Gasteiger partial charge in [0.2, 0.25) is 0 Å². The third kappa shape index (κ3) is 6.68. The van der Waals surface area contributed by atoms with Gasteiger partial charge in [0, 0.05) is 5.88 Å². The van der Waals surface area contributed by atoms with Crippen LogP contribution >= 0.6 is 11.6 Å². The van der Waals surface area contributed by atoms with E-state index in [-0.39, 0.29) is 9.76 Å². The Labute approximate surface area is 54.9 Å². The number of rotatable bonds is 4. The molecule has 0 rings (SSSR count). The van der Waals surface area contributed by atoms with Crippen molar-refractivity contribution in [1.82, 2.24) is 0 Å². The first-order valence-corrected chi connectivity index (χ1v) is 5.39. The van der Waals surface area contributed by atoms with Gasteiger partial charge in [0.25, 0.3) is 0 Å². The molecule has 0 aromatic carbocycles. The van der Waals surface area contributed by atoms with Crippen molar-refractivity contribution in [2.75, 3.05) is 5.88 Å². The number of hydrogen-bond acceptors (Lipinski definition) is 1. The Balaban J connectivity index is 2.45. The fourth-order valence-electron chi connectivity index (χ4n) is 0.341. The van der Waals surface area contributed by atoms with Gasteiger partial charge in [0.1, 0.15) is 20.2 Å². The van der Waals surface area contributed by atoms with Crippen molar-refractivity contribution in [3.8, 4) is 0 Å². The Kier molecular flexibility index (Phi) is 7.34. The van der Waals surface area contributed by atoms with Gasteiger partial charge in [-0.1, -0.05) is 0 Å². The summed E-state index contributed by atoms with van der Waals surface area (Å²) in [5.74, 6) is 0.803. The topological polar surface area (TPSA) is 9.23 Å². The summed E-state index contributed by atoms with van der Waals surface area (Å²) in [6.45, 7) is 0. The molecule has 1 nitrogen and oxygen atoms in total. The SMILES string of the molecule is [SiH3]O[SiH2]CCCCl. The van der Waals surface area contributed by atoms with Gasteiger partial charge in [-0.25, -0.2) is 0 Å². The van der Waals surface area contributed by atoms with Gasteiger partial charge < -0.3 is 4.12 Å². The minimum Gasteiger partial charge on any atom is -0.468 e. The normalized spacial score (nSPS) is 11.6. The lowest BCUT2D eigenvalue weighted by molar-refractivity contribution is 0.657. The minimum atomic E-state index is -0.112. The highest BCUT2D eigenvalue weighted by molar-refractivity contribution is 6.34. The van der Waals surface area contributed by atoms with Gasteiger partial charge in [0.15, 0.2) is 0 Å². The van der Waals surface area contributed by atoms with Crippen LogP contribution in [-0.4, -0.2) is 26.1 Å². The van der Waals surface area contributed by atoms with Gasteiger partial charge in [-0.05, 0) is 12.5 Å². The molecule has 0 bridgehead atoms. The highest BCUT2D eigenvalue weighted by Crippen LogP contribution is 1.89. The van der Waals surface area contributed by atoms with E-state index in [4.69, 9.17) is 15.7 Å². The van der Waals surface area contributed by atoms with Gasteiger partial charge in [-0.2, -0.15) is 0 Å². The zero-order valence-corrected chi connectivity index (χ0v) is 8.78. The van der Waals surface area contributed by atoms with Crippen molar-refractivity contribution in [3.63, 3.8) is 0 Å². The van der Waals surface area contributed by atoms with Crippen molar-refractivity contribution in [2.24, 2.45) is 0 Å². The van der Waals surface area contributed by atoms with Gasteiger partial charge in [-0.15, -0.1) is 11.6 Å². The molecule has 0 aliphatic carbocycles. The molecule has 0 aromatic rings. The minimum absolute atomic E-state index is 0.112. The molecule has 0 amide bonds. The van der Waals surface area contributed by atoms with Crippen LogP contribution < -0.4 is 0 Å². The molecule has 0 N–H and O–H groups in total. The fourth-order valence-corrected chi connectivity index (χ4v) is 2.46. The van der Waals surface area contributed by atoms with Crippen LogP contribution in [-0.2, 0) is 4.12 Å². The number of halogens is 1. The molecule has 44 valence electrons. The summed E-state index contributed by atoms with van der Waals surface area (Å²) in [6, 6.07) is 1.26. The van der Waals surface area contributed by atoms with Crippen LogP contribution in [0.25, 0.3) is 0 Å². The highest BCUT2D eigenvalue weighted by atomic mass is 35.5. The van der Waals surface area contributed by atoms with Crippen molar-refractivity contribution in [1.29, 1.82) is 0 Å². The zero-order valence-electron chi connectivity index (χ0n) is 4.61. The first kappa shape index (κ1) is 7.68. The lowest BCUT2D eigenvalue weighted by atomic mass is 10.6. The Morgan fingerprint density at radius 2 is 2.43 bits per heavy atom. The van der Waals surface area contributed by atoms with E-state index in [0.717, 1.165) is 22.8 Å². The van der Waals surface area contributed by atoms with E-state index in [9.17, 15) is 0 Å². The first-order chi connectivity index (χ1) is 3.41. The van der Waals surface area contributed by atoms with E-state index in [1.54, 1.807) is 0 Å². The molecule has 0 aliphatic heterocycles. The van der Waals surface area contributed by atoms with Gasteiger partial charge in [-0.3, -0.25) is 0 Å². The molecule has 0 fully saturated rings. The van der Waals surface area contributed by atoms with Crippen LogP contribution in [0.2, 0.25) is 6.04 Å². The average Bonchev–Trinajstić information content (AvgIpc) is 1.69. The van der Waals surface area contributed by atoms with Crippen LogP contribution in [0.3, 0.4) is 0 Å². The van der Waals surface area contributed by atoms with Gasteiger partial charge >= 0.3 is 0 Å². The summed E-state index contributed by atoms with van der Waals surface area (Å²) in [5.41, 5.74) is 0. The molecule has 0 spiro atoms. The fraction of sp³-hybridized carbons (Fsp3) is 1.00. The summed E-state index contributed by atoms with van der Waals surface area (Å²) in [7, 11) is 0.812. The van der Waals surface area contributed by atoms with Crippen LogP contribution in [0, 0.1) is 0 Å². The third-order valence-electron chi connectivity index (χ3n) is 0.732. The lowest BCUT2D eigenvalue weighted by Gasteiger charge is -1.91. The van der Waals surface area contributed by atoms with E-state index >= 15 is 0 Å². The molecule has 0 heterocycles. The summed E-state index contributed by atoms with van der Waals surface area (Å²) >= 11 is 5.42. The van der Waals surface area contributed by atoms with Crippen molar-refractivity contribution < 1.29 is 4.12 Å². The quantitative estimate of drug-likeness (QED) is 0.299. The maximum absolute atomic E-state index is 5.42. The predicted octanol–water partition coefficient (Wildman–Crippen LogP) is -0.586. The largest absolute Gasteiger partial charge is 0.468 e. The smallest absolute Gasteiger partial charge is 0.145 e. The maximum Gasteiger partial charge on any atom is 0.145 e. The highest BCUT2D eigenvalue weighted by Gasteiger charge is 1.82. The van der Waals surface area contributed by atoms with Crippen LogP contribution in [0.15, 0.2) is 0 Å². The van der Waals surface area contributed by atoms with Crippen LogP contribution in [0.4, 0.5) is 0 Å². The molecule has 0 aromatic heterocycles. The summed E-state index contributed by atoms with van der Waals surface area (Å²) in [4.78, 5) is 0. The molecule has 0 atom stereocenters. The second-order valence-electron chi connectivity index (χ2n) is 1.39. The van der Waals surface area contributed by atoms with E-state index in [0.29, 0.717) is 0 Å². The summed E-state index contributed by atoms with van der Waals surface area (Å²) < 4.78 is 5.06. The third-order valence-corrected chi connectivity index (χ3v) is 3.42. The predicted molar refractivity (Wildman–Crippen MR) is 39.7 cm³/mol. The van der Waals surface area contributed by atoms with E-state index in [2.05, 4.69) is 0 Å². The van der Waals surface area contributed by atoms with Gasteiger partial charge in [0.05, 0.1) is 0 Å². The Morgan fingerprint density at radius 1 is 1.71 bits per heavy atom. The Bertz CT molecular complexity index is 32.1. The average molecular weight is 155 g/mol. The van der Waals surface area contributed by atoms with Crippen molar-refractivity contribution >= 4 is 31.9 Å². The van der Waals surface area contributed by atoms with Crippen LogP contribution in [0.1, 0.15) is 6.42 Å². The summed E-state index contributed by atoms with van der Waals surface area (Å²) in [6.07, 6.45) is 1.15. The second-order valence-corrected chi connectivity index (χ2v) is 5.19. The number of hydrogen-bond donors (Lipinski definition) is 0. The Hall–Kier alpha value is 0.684. The van der Waals surface area contributed by atoms with E-state index < -0.39 is 0 Å². The monoisotopic (exact) mass is 154 g/mol. The van der Waals surface area contributed by atoms with E-state index in [1.165, 1.54) is 6.04 Å². The molecule has 0 unspecified atom stereocenters. The molecule has 0 aliphatic rings. The Morgan fingerprint density at radius 3 is 2.86 bits per heavy atom. The zero-order chi connectivity index (χ0) is 5.54. The maximum atomic E-state index is 5.42. The molecule has 0 saturated heterocycles. The van der Waals surface area contributed by atoms with Crippen molar-refractivity contribution in [3.05, 3.63) is 0 Å². The molecule has 7 heavy (non-hydrogen) atoms. The molecule has 0 saturated carbocycles. The number of alkyl halides is 1. The second kappa shape index (κ2) is 6.68. The first-order valence-electron chi connectivity index (χ1n) is 2.46. The van der Waals surface area contributed by atoms with Crippen LogP contribution in [0.5, 0.6) is 0 Å². The van der Waals surface area contributed by atoms with Crippen molar-refractivity contribution in [2.45, 2.75) is 12.5 Å². The standard InChI is InChI=1S/C3H11ClOSi2/c4-2-1-3-7-5-6/h1-3,7H2,6H3. The molecule has 0 radical (unpaired) electrons. The summed E-state index contributed by atoms with van der Waals surface area (Å²) in [5, 5.41) is 0. The lowest BCUT2D eigenvalue weighted by Crippen LogP contribution is -1.93. The molecular formula is C3H11ClOSi2. The molecular weight excluding hydrogens is 144 g/mol. The molecule has 4 heteroatoms. The van der Waals surface area contributed by atoms with E-state index in [1.807, 2.05) is 0 Å².